The van der Waals surface area contributed by atoms with Crippen molar-refractivity contribution in [1.29, 1.82) is 0 Å². The summed E-state index contributed by atoms with van der Waals surface area (Å²) in [6.45, 7) is 5.28. The van der Waals surface area contributed by atoms with E-state index >= 15 is 0 Å². The molecule has 1 rings (SSSR count). The summed E-state index contributed by atoms with van der Waals surface area (Å²) < 4.78 is 0. The van der Waals surface area contributed by atoms with Crippen molar-refractivity contribution in [2.75, 3.05) is 7.05 Å². The molecule has 0 aromatic heterocycles. The van der Waals surface area contributed by atoms with Gasteiger partial charge in [0.15, 0.2) is 0 Å². The van der Waals surface area contributed by atoms with Gasteiger partial charge in [0, 0.05) is 11.6 Å². The summed E-state index contributed by atoms with van der Waals surface area (Å²) >= 11 is 5.94. The molecule has 0 amide bonds. The van der Waals surface area contributed by atoms with Gasteiger partial charge in [-0.3, -0.25) is 0 Å². The third kappa shape index (κ3) is 2.71. The SMILES string of the molecule is CNCc1ccc(Cl)cc1C(C)C. The van der Waals surface area contributed by atoms with Crippen LogP contribution in [0.1, 0.15) is 30.9 Å². The molecule has 13 heavy (non-hydrogen) atoms. The Hall–Kier alpha value is -0.530. The molecule has 0 saturated carbocycles. The van der Waals surface area contributed by atoms with Crippen LogP contribution >= 0.6 is 11.6 Å². The van der Waals surface area contributed by atoms with Gasteiger partial charge in [-0.05, 0) is 36.2 Å². The molecule has 2 heteroatoms. The van der Waals surface area contributed by atoms with Crippen LogP contribution in [0, 0.1) is 0 Å². The van der Waals surface area contributed by atoms with Crippen molar-refractivity contribution in [2.45, 2.75) is 26.3 Å². The number of halogens is 1. The van der Waals surface area contributed by atoms with Gasteiger partial charge in [0.05, 0.1) is 0 Å². The lowest BCUT2D eigenvalue weighted by molar-refractivity contribution is 0.776. The van der Waals surface area contributed by atoms with E-state index in [9.17, 15) is 0 Å². The van der Waals surface area contributed by atoms with Crippen LogP contribution in [0.25, 0.3) is 0 Å². The van der Waals surface area contributed by atoms with E-state index in [0.717, 1.165) is 11.6 Å². The van der Waals surface area contributed by atoms with Crippen molar-refractivity contribution in [2.24, 2.45) is 0 Å². The average molecular weight is 198 g/mol. The van der Waals surface area contributed by atoms with Crippen molar-refractivity contribution in [3.05, 3.63) is 34.3 Å². The largest absolute Gasteiger partial charge is 0.316 e. The topological polar surface area (TPSA) is 12.0 Å². The highest BCUT2D eigenvalue weighted by atomic mass is 35.5. The second-order valence-corrected chi connectivity index (χ2v) is 3.96. The van der Waals surface area contributed by atoms with E-state index in [4.69, 9.17) is 11.6 Å². The van der Waals surface area contributed by atoms with Crippen molar-refractivity contribution in [1.82, 2.24) is 5.32 Å². The third-order valence-corrected chi connectivity index (χ3v) is 2.33. The van der Waals surface area contributed by atoms with Gasteiger partial charge in [-0.15, -0.1) is 0 Å². The minimum Gasteiger partial charge on any atom is -0.316 e. The first-order valence-corrected chi connectivity index (χ1v) is 4.96. The minimum atomic E-state index is 0.530. The lowest BCUT2D eigenvalue weighted by Gasteiger charge is -2.12. The molecule has 1 nitrogen and oxygen atoms in total. The maximum absolute atomic E-state index is 5.94. The Morgan fingerprint density at radius 1 is 1.38 bits per heavy atom. The Kier molecular flexibility index (Phi) is 3.76. The zero-order valence-corrected chi connectivity index (χ0v) is 9.15. The second-order valence-electron chi connectivity index (χ2n) is 3.53. The molecule has 0 fully saturated rings. The van der Waals surface area contributed by atoms with E-state index in [0.29, 0.717) is 5.92 Å². The lowest BCUT2D eigenvalue weighted by Crippen LogP contribution is -2.08. The molecule has 72 valence electrons. The zero-order valence-electron chi connectivity index (χ0n) is 8.39. The van der Waals surface area contributed by atoms with Gasteiger partial charge in [-0.2, -0.15) is 0 Å². The first-order chi connectivity index (χ1) is 6.15. The predicted octanol–water partition coefficient (Wildman–Crippen LogP) is 3.18. The van der Waals surface area contributed by atoms with Crippen LogP contribution in [0.15, 0.2) is 18.2 Å². The summed E-state index contributed by atoms with van der Waals surface area (Å²) in [5.41, 5.74) is 2.67. The van der Waals surface area contributed by atoms with Gasteiger partial charge in [0.1, 0.15) is 0 Å². The Morgan fingerprint density at radius 3 is 2.62 bits per heavy atom. The summed E-state index contributed by atoms with van der Waals surface area (Å²) in [6.07, 6.45) is 0. The quantitative estimate of drug-likeness (QED) is 0.785. The predicted molar refractivity (Wildman–Crippen MR) is 58.3 cm³/mol. The molecular formula is C11H16ClN. The van der Waals surface area contributed by atoms with Gasteiger partial charge in [-0.25, -0.2) is 0 Å². The van der Waals surface area contributed by atoms with E-state index in [1.807, 2.05) is 13.1 Å². The van der Waals surface area contributed by atoms with Crippen LogP contribution in [0.2, 0.25) is 5.02 Å². The lowest BCUT2D eigenvalue weighted by atomic mass is 9.97. The fraction of sp³-hybridized carbons (Fsp3) is 0.455. The molecule has 1 aromatic carbocycles. The summed E-state index contributed by atoms with van der Waals surface area (Å²) in [5.74, 6) is 0.530. The highest BCUT2D eigenvalue weighted by molar-refractivity contribution is 6.30. The number of nitrogens with one attached hydrogen (secondary N) is 1. The average Bonchev–Trinajstić information content (AvgIpc) is 2.08. The minimum absolute atomic E-state index is 0.530. The van der Waals surface area contributed by atoms with E-state index in [-0.39, 0.29) is 0 Å². The van der Waals surface area contributed by atoms with Crippen LogP contribution in [0.3, 0.4) is 0 Å². The van der Waals surface area contributed by atoms with E-state index < -0.39 is 0 Å². The molecule has 1 N–H and O–H groups in total. The molecular weight excluding hydrogens is 182 g/mol. The Morgan fingerprint density at radius 2 is 2.08 bits per heavy atom. The molecule has 0 aliphatic rings. The molecule has 0 bridgehead atoms. The summed E-state index contributed by atoms with van der Waals surface area (Å²) in [7, 11) is 1.96. The molecule has 1 aromatic rings. The third-order valence-electron chi connectivity index (χ3n) is 2.10. The monoisotopic (exact) mass is 197 g/mol. The van der Waals surface area contributed by atoms with E-state index in [1.165, 1.54) is 11.1 Å². The summed E-state index contributed by atoms with van der Waals surface area (Å²) in [4.78, 5) is 0. The Balaban J connectivity index is 3.03. The van der Waals surface area contributed by atoms with Crippen LogP contribution in [-0.2, 0) is 6.54 Å². The van der Waals surface area contributed by atoms with Gasteiger partial charge >= 0.3 is 0 Å². The van der Waals surface area contributed by atoms with Crippen molar-refractivity contribution >= 4 is 11.6 Å². The molecule has 0 aliphatic carbocycles. The molecule has 0 aliphatic heterocycles. The highest BCUT2D eigenvalue weighted by Crippen LogP contribution is 2.23. The number of rotatable bonds is 3. The second kappa shape index (κ2) is 4.64. The first-order valence-electron chi connectivity index (χ1n) is 4.58. The molecule has 0 spiro atoms. The Labute approximate surface area is 85.1 Å². The van der Waals surface area contributed by atoms with Crippen LogP contribution in [0.5, 0.6) is 0 Å². The zero-order chi connectivity index (χ0) is 9.84. The molecule has 0 atom stereocenters. The van der Waals surface area contributed by atoms with E-state index in [2.05, 4.69) is 31.3 Å². The number of benzene rings is 1. The number of hydrogen-bond acceptors (Lipinski definition) is 1. The van der Waals surface area contributed by atoms with Gasteiger partial charge in [-0.1, -0.05) is 31.5 Å². The normalized spacial score (nSPS) is 10.8. The molecule has 0 saturated heterocycles. The summed E-state index contributed by atoms with van der Waals surface area (Å²) in [6, 6.07) is 6.09. The maximum Gasteiger partial charge on any atom is 0.0409 e. The van der Waals surface area contributed by atoms with Gasteiger partial charge in [0.2, 0.25) is 0 Å². The van der Waals surface area contributed by atoms with E-state index in [1.54, 1.807) is 0 Å². The molecule has 0 unspecified atom stereocenters. The Bertz CT molecular complexity index is 281. The van der Waals surface area contributed by atoms with Crippen LogP contribution in [-0.4, -0.2) is 7.05 Å². The van der Waals surface area contributed by atoms with Crippen LogP contribution in [0.4, 0.5) is 0 Å². The standard InChI is InChI=1S/C11H16ClN/c1-8(2)11-6-10(12)5-4-9(11)7-13-3/h4-6,8,13H,7H2,1-3H3. The summed E-state index contributed by atoms with van der Waals surface area (Å²) in [5, 5.41) is 3.98. The first kappa shape index (κ1) is 10.6. The highest BCUT2D eigenvalue weighted by Gasteiger charge is 2.05. The van der Waals surface area contributed by atoms with Crippen molar-refractivity contribution < 1.29 is 0 Å². The van der Waals surface area contributed by atoms with Crippen molar-refractivity contribution in [3.63, 3.8) is 0 Å². The molecule has 0 radical (unpaired) electrons. The van der Waals surface area contributed by atoms with Gasteiger partial charge in [0.25, 0.3) is 0 Å². The smallest absolute Gasteiger partial charge is 0.0409 e. The van der Waals surface area contributed by atoms with Crippen LogP contribution < -0.4 is 5.32 Å². The maximum atomic E-state index is 5.94. The molecule has 0 heterocycles. The fourth-order valence-electron chi connectivity index (χ4n) is 1.45. The van der Waals surface area contributed by atoms with Gasteiger partial charge < -0.3 is 5.32 Å². The number of hydrogen-bond donors (Lipinski definition) is 1. The fourth-order valence-corrected chi connectivity index (χ4v) is 1.64. The van der Waals surface area contributed by atoms with Crippen molar-refractivity contribution in [3.8, 4) is 0 Å².